The summed E-state index contributed by atoms with van der Waals surface area (Å²) in [6.07, 6.45) is 0. The molecule has 0 amide bonds. The van der Waals surface area contributed by atoms with Crippen LogP contribution in [-0.2, 0) is 4.74 Å². The molecule has 1 unspecified atom stereocenters. The Morgan fingerprint density at radius 3 is 2.86 bits per heavy atom. The fourth-order valence-corrected chi connectivity index (χ4v) is 1.11. The maximum absolute atomic E-state index is 8.65. The minimum Gasteiger partial charge on any atom is -0.383 e. The molecular formula is C10H13ClN2O. The topological polar surface area (TPSA) is 59.0 Å². The van der Waals surface area contributed by atoms with Crippen molar-refractivity contribution >= 4 is 12.4 Å². The molecule has 0 spiro atoms. The van der Waals surface area contributed by atoms with Crippen LogP contribution in [0.2, 0.25) is 0 Å². The summed E-state index contributed by atoms with van der Waals surface area (Å²) in [6, 6.07) is 9.16. The van der Waals surface area contributed by atoms with Crippen molar-refractivity contribution in [2.45, 2.75) is 6.04 Å². The van der Waals surface area contributed by atoms with Crippen LogP contribution in [0, 0.1) is 11.3 Å². The summed E-state index contributed by atoms with van der Waals surface area (Å²) < 4.78 is 4.92. The zero-order chi connectivity index (χ0) is 9.68. The summed E-state index contributed by atoms with van der Waals surface area (Å²) in [5.74, 6) is 0. The highest BCUT2D eigenvalue weighted by molar-refractivity contribution is 5.85. The lowest BCUT2D eigenvalue weighted by Gasteiger charge is -2.10. The summed E-state index contributed by atoms with van der Waals surface area (Å²) in [7, 11) is 1.61. The normalized spacial score (nSPS) is 11.2. The fraction of sp³-hybridized carbons (Fsp3) is 0.300. The van der Waals surface area contributed by atoms with Crippen LogP contribution in [-0.4, -0.2) is 13.7 Å². The summed E-state index contributed by atoms with van der Waals surface area (Å²) in [5, 5.41) is 8.65. The SMILES string of the molecule is COCC(N)c1cccc(C#N)c1.Cl. The van der Waals surface area contributed by atoms with Gasteiger partial charge in [0.05, 0.1) is 24.3 Å². The van der Waals surface area contributed by atoms with E-state index in [9.17, 15) is 0 Å². The largest absolute Gasteiger partial charge is 0.383 e. The Bertz CT molecular complexity index is 322. The number of rotatable bonds is 3. The van der Waals surface area contributed by atoms with E-state index in [1.165, 1.54) is 0 Å². The molecule has 3 nitrogen and oxygen atoms in total. The van der Waals surface area contributed by atoms with E-state index in [-0.39, 0.29) is 18.4 Å². The van der Waals surface area contributed by atoms with Crippen molar-refractivity contribution in [2.24, 2.45) is 5.73 Å². The van der Waals surface area contributed by atoms with Gasteiger partial charge in [-0.2, -0.15) is 5.26 Å². The zero-order valence-corrected chi connectivity index (χ0v) is 8.75. The third-order valence-corrected chi connectivity index (χ3v) is 1.79. The minimum absolute atomic E-state index is 0. The van der Waals surface area contributed by atoms with Crippen molar-refractivity contribution in [3.05, 3.63) is 35.4 Å². The van der Waals surface area contributed by atoms with Crippen molar-refractivity contribution in [1.82, 2.24) is 0 Å². The van der Waals surface area contributed by atoms with E-state index in [1.54, 1.807) is 19.2 Å². The van der Waals surface area contributed by atoms with Crippen LogP contribution in [0.15, 0.2) is 24.3 Å². The molecule has 0 radical (unpaired) electrons. The molecule has 14 heavy (non-hydrogen) atoms. The van der Waals surface area contributed by atoms with Crippen molar-refractivity contribution in [2.75, 3.05) is 13.7 Å². The van der Waals surface area contributed by atoms with E-state index in [0.29, 0.717) is 12.2 Å². The number of nitriles is 1. The van der Waals surface area contributed by atoms with Crippen LogP contribution in [0.4, 0.5) is 0 Å². The van der Waals surface area contributed by atoms with Gasteiger partial charge in [0.2, 0.25) is 0 Å². The van der Waals surface area contributed by atoms with Crippen LogP contribution < -0.4 is 5.73 Å². The van der Waals surface area contributed by atoms with Gasteiger partial charge in [-0.05, 0) is 17.7 Å². The van der Waals surface area contributed by atoms with Crippen LogP contribution in [0.3, 0.4) is 0 Å². The Hall–Kier alpha value is -1.08. The first-order valence-electron chi connectivity index (χ1n) is 4.02. The van der Waals surface area contributed by atoms with Gasteiger partial charge in [-0.25, -0.2) is 0 Å². The molecule has 0 aliphatic rings. The van der Waals surface area contributed by atoms with Gasteiger partial charge in [0.25, 0.3) is 0 Å². The van der Waals surface area contributed by atoms with E-state index in [0.717, 1.165) is 5.56 Å². The molecule has 1 aromatic carbocycles. The van der Waals surface area contributed by atoms with E-state index in [1.807, 2.05) is 12.1 Å². The van der Waals surface area contributed by atoms with Gasteiger partial charge in [-0.15, -0.1) is 12.4 Å². The summed E-state index contributed by atoms with van der Waals surface area (Å²) in [4.78, 5) is 0. The third-order valence-electron chi connectivity index (χ3n) is 1.79. The van der Waals surface area contributed by atoms with Crippen molar-refractivity contribution in [1.29, 1.82) is 5.26 Å². The van der Waals surface area contributed by atoms with Crippen LogP contribution in [0.25, 0.3) is 0 Å². The number of methoxy groups -OCH3 is 1. The lowest BCUT2D eigenvalue weighted by molar-refractivity contribution is 0.181. The molecular weight excluding hydrogens is 200 g/mol. The average Bonchev–Trinajstić information content (AvgIpc) is 2.18. The second-order valence-corrected chi connectivity index (χ2v) is 2.80. The highest BCUT2D eigenvalue weighted by Gasteiger charge is 2.05. The average molecular weight is 213 g/mol. The molecule has 0 bridgehead atoms. The lowest BCUT2D eigenvalue weighted by Crippen LogP contribution is -2.15. The Kier molecular flexibility index (Phi) is 5.89. The minimum atomic E-state index is -0.154. The fourth-order valence-electron chi connectivity index (χ4n) is 1.11. The first-order chi connectivity index (χ1) is 6.27. The maximum Gasteiger partial charge on any atom is 0.0991 e. The van der Waals surface area contributed by atoms with Gasteiger partial charge in [-0.3, -0.25) is 0 Å². The predicted molar refractivity (Wildman–Crippen MR) is 57.2 cm³/mol. The van der Waals surface area contributed by atoms with Crippen molar-refractivity contribution in [3.63, 3.8) is 0 Å². The molecule has 0 aromatic heterocycles. The smallest absolute Gasteiger partial charge is 0.0991 e. The first kappa shape index (κ1) is 12.9. The molecule has 1 rings (SSSR count). The second kappa shape index (κ2) is 6.39. The molecule has 2 N–H and O–H groups in total. The molecule has 76 valence electrons. The number of nitrogens with two attached hydrogens (primary N) is 1. The summed E-state index contributed by atoms with van der Waals surface area (Å²) in [6.45, 7) is 0.467. The van der Waals surface area contributed by atoms with Gasteiger partial charge in [0, 0.05) is 7.11 Å². The van der Waals surface area contributed by atoms with Gasteiger partial charge in [-0.1, -0.05) is 12.1 Å². The Labute approximate surface area is 89.9 Å². The highest BCUT2D eigenvalue weighted by Crippen LogP contribution is 2.11. The molecule has 1 atom stereocenters. The van der Waals surface area contributed by atoms with Gasteiger partial charge >= 0.3 is 0 Å². The lowest BCUT2D eigenvalue weighted by atomic mass is 10.1. The number of hydrogen-bond donors (Lipinski definition) is 1. The van der Waals surface area contributed by atoms with Crippen LogP contribution in [0.5, 0.6) is 0 Å². The van der Waals surface area contributed by atoms with E-state index >= 15 is 0 Å². The monoisotopic (exact) mass is 212 g/mol. The van der Waals surface area contributed by atoms with Crippen LogP contribution in [0.1, 0.15) is 17.2 Å². The predicted octanol–water partition coefficient (Wildman–Crippen LogP) is 1.63. The number of nitrogens with zero attached hydrogens (tertiary/aromatic N) is 1. The quantitative estimate of drug-likeness (QED) is 0.829. The van der Waals surface area contributed by atoms with Gasteiger partial charge in [0.1, 0.15) is 0 Å². The van der Waals surface area contributed by atoms with Gasteiger partial charge < -0.3 is 10.5 Å². The molecule has 0 aliphatic carbocycles. The van der Waals surface area contributed by atoms with E-state index in [4.69, 9.17) is 15.7 Å². The Morgan fingerprint density at radius 1 is 1.57 bits per heavy atom. The maximum atomic E-state index is 8.65. The molecule has 0 saturated carbocycles. The Morgan fingerprint density at radius 2 is 2.29 bits per heavy atom. The number of ether oxygens (including phenoxy) is 1. The molecule has 0 saturated heterocycles. The second-order valence-electron chi connectivity index (χ2n) is 2.80. The molecule has 0 aliphatic heterocycles. The molecule has 0 heterocycles. The summed E-state index contributed by atoms with van der Waals surface area (Å²) in [5.41, 5.74) is 7.35. The number of halogens is 1. The highest BCUT2D eigenvalue weighted by atomic mass is 35.5. The first-order valence-corrected chi connectivity index (χ1v) is 4.02. The van der Waals surface area contributed by atoms with Gasteiger partial charge in [0.15, 0.2) is 0 Å². The van der Waals surface area contributed by atoms with E-state index < -0.39 is 0 Å². The summed E-state index contributed by atoms with van der Waals surface area (Å²) >= 11 is 0. The molecule has 0 fully saturated rings. The Balaban J connectivity index is 0.00000169. The number of benzene rings is 1. The van der Waals surface area contributed by atoms with Crippen LogP contribution >= 0.6 is 12.4 Å². The van der Waals surface area contributed by atoms with Crippen molar-refractivity contribution in [3.8, 4) is 6.07 Å². The zero-order valence-electron chi connectivity index (χ0n) is 7.93. The molecule has 1 aromatic rings. The van der Waals surface area contributed by atoms with Crippen molar-refractivity contribution < 1.29 is 4.74 Å². The molecule has 4 heteroatoms. The van der Waals surface area contributed by atoms with E-state index in [2.05, 4.69) is 6.07 Å². The standard InChI is InChI=1S/C10H12N2O.ClH/c1-13-7-10(12)9-4-2-3-8(5-9)6-11;/h2-5,10H,7,12H2,1H3;1H. The third kappa shape index (κ3) is 3.35. The number of hydrogen-bond acceptors (Lipinski definition) is 3.